The van der Waals surface area contributed by atoms with Crippen LogP contribution >= 0.6 is 0 Å². The zero-order chi connectivity index (χ0) is 10.5. The third-order valence-corrected chi connectivity index (χ3v) is 1.92. The highest BCUT2D eigenvalue weighted by Gasteiger charge is 1.92. The molecule has 3 nitrogen and oxygen atoms in total. The molecule has 1 aromatic carbocycles. The van der Waals surface area contributed by atoms with Crippen LogP contribution in [0.3, 0.4) is 0 Å². The van der Waals surface area contributed by atoms with Gasteiger partial charge in [0.05, 0.1) is 11.9 Å². The van der Waals surface area contributed by atoms with Crippen molar-refractivity contribution >= 4 is 11.9 Å². The van der Waals surface area contributed by atoms with Gasteiger partial charge in [-0.2, -0.15) is 5.10 Å². The number of hydrogen-bond donors (Lipinski definition) is 1. The van der Waals surface area contributed by atoms with E-state index < -0.39 is 0 Å². The number of benzene rings is 1. The van der Waals surface area contributed by atoms with E-state index in [0.717, 1.165) is 17.2 Å². The van der Waals surface area contributed by atoms with Crippen molar-refractivity contribution in [1.82, 2.24) is 0 Å². The zero-order valence-corrected chi connectivity index (χ0v) is 8.47. The predicted octanol–water partition coefficient (Wildman–Crippen LogP) is 3.03. The van der Waals surface area contributed by atoms with E-state index >= 15 is 0 Å². The van der Waals surface area contributed by atoms with Crippen molar-refractivity contribution in [2.75, 3.05) is 5.43 Å². The van der Waals surface area contributed by atoms with Crippen LogP contribution in [0.2, 0.25) is 0 Å². The van der Waals surface area contributed by atoms with Crippen molar-refractivity contribution in [1.29, 1.82) is 0 Å². The maximum absolute atomic E-state index is 5.33. The predicted molar refractivity (Wildman–Crippen MR) is 61.1 cm³/mol. The average molecular weight is 200 g/mol. The highest BCUT2D eigenvalue weighted by atomic mass is 16.3. The Labute approximate surface area is 88.4 Å². The number of nitrogens with zero attached hydrogens (tertiary/aromatic N) is 1. The molecule has 1 heterocycles. The van der Waals surface area contributed by atoms with E-state index in [0.29, 0.717) is 0 Å². The third kappa shape index (κ3) is 2.71. The van der Waals surface area contributed by atoms with E-state index in [2.05, 4.69) is 10.5 Å². The topological polar surface area (TPSA) is 37.5 Å². The van der Waals surface area contributed by atoms with Gasteiger partial charge in [0, 0.05) is 0 Å². The molecule has 1 N–H and O–H groups in total. The molecule has 0 aliphatic carbocycles. The maximum Gasteiger partial charge on any atom is 0.147 e. The molecule has 0 atom stereocenters. The molecule has 0 aliphatic heterocycles. The smallest absolute Gasteiger partial charge is 0.147 e. The lowest BCUT2D eigenvalue weighted by Gasteiger charge is -1.96. The monoisotopic (exact) mass is 200 g/mol. The van der Waals surface area contributed by atoms with Gasteiger partial charge >= 0.3 is 0 Å². The van der Waals surface area contributed by atoms with E-state index in [1.165, 1.54) is 0 Å². The molecule has 76 valence electrons. The molecule has 0 amide bonds. The Bertz CT molecular complexity index is 446. The molecule has 0 radical (unpaired) electrons. The van der Waals surface area contributed by atoms with E-state index in [4.69, 9.17) is 4.42 Å². The molecule has 0 aliphatic rings. The molecular weight excluding hydrogens is 188 g/mol. The summed E-state index contributed by atoms with van der Waals surface area (Å²) in [5.74, 6) is 1.63. The lowest BCUT2D eigenvalue weighted by molar-refractivity contribution is 0.528. The summed E-state index contributed by atoms with van der Waals surface area (Å²) in [5.41, 5.74) is 3.87. The number of rotatable bonds is 3. The SMILES string of the molecule is Cc1ccc(C=NNc2ccccc2)o1. The van der Waals surface area contributed by atoms with Crippen LogP contribution in [0.4, 0.5) is 5.69 Å². The minimum absolute atomic E-state index is 0.746. The standard InChI is InChI=1S/C12H12N2O/c1-10-7-8-12(15-10)9-13-14-11-5-3-2-4-6-11/h2-9,14H,1H3. The van der Waals surface area contributed by atoms with E-state index in [1.54, 1.807) is 6.21 Å². The fourth-order valence-corrected chi connectivity index (χ4v) is 1.21. The molecule has 2 rings (SSSR count). The van der Waals surface area contributed by atoms with Crippen LogP contribution in [0.5, 0.6) is 0 Å². The van der Waals surface area contributed by atoms with Crippen molar-refractivity contribution in [3.05, 3.63) is 54.0 Å². The summed E-state index contributed by atoms with van der Waals surface area (Å²) in [5, 5.41) is 4.06. The zero-order valence-electron chi connectivity index (χ0n) is 8.47. The Morgan fingerprint density at radius 1 is 1.13 bits per heavy atom. The van der Waals surface area contributed by atoms with Crippen molar-refractivity contribution in [2.24, 2.45) is 5.10 Å². The van der Waals surface area contributed by atoms with Gasteiger partial charge in [0.2, 0.25) is 0 Å². The van der Waals surface area contributed by atoms with Crippen molar-refractivity contribution in [2.45, 2.75) is 6.92 Å². The van der Waals surface area contributed by atoms with E-state index in [1.807, 2.05) is 49.4 Å². The first-order valence-corrected chi connectivity index (χ1v) is 4.75. The number of aryl methyl sites for hydroxylation is 1. The minimum Gasteiger partial charge on any atom is -0.460 e. The normalized spacial score (nSPS) is 10.7. The number of hydrogen-bond acceptors (Lipinski definition) is 3. The van der Waals surface area contributed by atoms with Crippen molar-refractivity contribution < 1.29 is 4.42 Å². The Morgan fingerprint density at radius 2 is 1.93 bits per heavy atom. The van der Waals surface area contributed by atoms with Crippen molar-refractivity contribution in [3.63, 3.8) is 0 Å². The number of nitrogens with one attached hydrogen (secondary N) is 1. The van der Waals surface area contributed by atoms with E-state index in [-0.39, 0.29) is 0 Å². The molecule has 0 spiro atoms. The summed E-state index contributed by atoms with van der Waals surface area (Å²) in [6.45, 7) is 1.90. The summed E-state index contributed by atoms with van der Waals surface area (Å²) in [6, 6.07) is 13.6. The molecular formula is C12H12N2O. The van der Waals surface area contributed by atoms with Crippen LogP contribution in [0.25, 0.3) is 0 Å². The molecule has 0 unspecified atom stereocenters. The number of para-hydroxylation sites is 1. The Morgan fingerprint density at radius 3 is 2.60 bits per heavy atom. The van der Waals surface area contributed by atoms with Gasteiger partial charge in [0.1, 0.15) is 11.5 Å². The Balaban J connectivity index is 1.96. The molecule has 0 saturated carbocycles. The molecule has 0 saturated heterocycles. The van der Waals surface area contributed by atoms with Gasteiger partial charge in [-0.3, -0.25) is 5.43 Å². The maximum atomic E-state index is 5.33. The molecule has 15 heavy (non-hydrogen) atoms. The fourth-order valence-electron chi connectivity index (χ4n) is 1.21. The molecule has 2 aromatic rings. The summed E-state index contributed by atoms with van der Waals surface area (Å²) < 4.78 is 5.33. The first kappa shape index (κ1) is 9.52. The summed E-state index contributed by atoms with van der Waals surface area (Å²) in [7, 11) is 0. The molecule has 0 fully saturated rings. The van der Waals surface area contributed by atoms with E-state index in [9.17, 15) is 0 Å². The number of hydrazone groups is 1. The lowest BCUT2D eigenvalue weighted by Crippen LogP contribution is -1.88. The largest absolute Gasteiger partial charge is 0.460 e. The first-order chi connectivity index (χ1) is 7.34. The molecule has 0 bridgehead atoms. The van der Waals surface area contributed by atoms with Gasteiger partial charge in [-0.25, -0.2) is 0 Å². The second-order valence-electron chi connectivity index (χ2n) is 3.18. The lowest BCUT2D eigenvalue weighted by atomic mass is 10.3. The van der Waals surface area contributed by atoms with Gasteiger partial charge in [0.25, 0.3) is 0 Å². The minimum atomic E-state index is 0.746. The van der Waals surface area contributed by atoms with Gasteiger partial charge < -0.3 is 4.42 Å². The summed E-state index contributed by atoms with van der Waals surface area (Å²) in [6.07, 6.45) is 1.65. The molecule has 1 aromatic heterocycles. The van der Waals surface area contributed by atoms with Gasteiger partial charge in [-0.15, -0.1) is 0 Å². The number of anilines is 1. The fraction of sp³-hybridized carbons (Fsp3) is 0.0833. The first-order valence-electron chi connectivity index (χ1n) is 4.75. The van der Waals surface area contributed by atoms with Crippen LogP contribution in [0.1, 0.15) is 11.5 Å². The van der Waals surface area contributed by atoms with Crippen LogP contribution < -0.4 is 5.43 Å². The summed E-state index contributed by atoms with van der Waals surface area (Å²) in [4.78, 5) is 0. The Kier molecular flexibility index (Phi) is 2.83. The van der Waals surface area contributed by atoms with Crippen LogP contribution in [0, 0.1) is 6.92 Å². The number of furan rings is 1. The van der Waals surface area contributed by atoms with Gasteiger partial charge in [0.15, 0.2) is 0 Å². The third-order valence-electron chi connectivity index (χ3n) is 1.92. The van der Waals surface area contributed by atoms with Crippen LogP contribution in [-0.4, -0.2) is 6.21 Å². The second kappa shape index (κ2) is 4.46. The molecule has 3 heteroatoms. The van der Waals surface area contributed by atoms with Gasteiger partial charge in [-0.05, 0) is 31.2 Å². The van der Waals surface area contributed by atoms with Crippen molar-refractivity contribution in [3.8, 4) is 0 Å². The highest BCUT2D eigenvalue weighted by molar-refractivity contribution is 5.76. The Hall–Kier alpha value is -2.03. The second-order valence-corrected chi connectivity index (χ2v) is 3.18. The van der Waals surface area contributed by atoms with Crippen LogP contribution in [0.15, 0.2) is 52.0 Å². The average Bonchev–Trinajstić information content (AvgIpc) is 2.66. The highest BCUT2D eigenvalue weighted by Crippen LogP contribution is 2.06. The van der Waals surface area contributed by atoms with Crippen LogP contribution in [-0.2, 0) is 0 Å². The van der Waals surface area contributed by atoms with Gasteiger partial charge in [-0.1, -0.05) is 18.2 Å². The summed E-state index contributed by atoms with van der Waals surface area (Å²) >= 11 is 0. The quantitative estimate of drug-likeness (QED) is 0.610.